The predicted molar refractivity (Wildman–Crippen MR) is 89.1 cm³/mol. The number of fused-ring (bicyclic) bond motifs is 1. The van der Waals surface area contributed by atoms with Gasteiger partial charge in [-0.1, -0.05) is 35.6 Å². The molecule has 4 nitrogen and oxygen atoms in total. The van der Waals surface area contributed by atoms with Crippen LogP contribution in [-0.4, -0.2) is 13.0 Å². The van der Waals surface area contributed by atoms with Crippen LogP contribution in [0.5, 0.6) is 0 Å². The van der Waals surface area contributed by atoms with Crippen molar-refractivity contribution >= 4 is 31.6 Å². The van der Waals surface area contributed by atoms with E-state index in [1.54, 1.807) is 18.2 Å². The average molecular weight is 366 g/mol. The lowest BCUT2D eigenvalue weighted by Gasteiger charge is -2.02. The molecule has 2 aromatic carbocycles. The number of allylic oxidation sites excluding steroid dienone is 1. The highest BCUT2D eigenvalue weighted by atomic mass is 32.2. The molecular weight excluding hydrogens is 354 g/mol. The molecule has 124 valence electrons. The minimum atomic E-state index is -3.96. The Kier molecular flexibility index (Phi) is 4.33. The zero-order valence-electron chi connectivity index (χ0n) is 12.3. The Morgan fingerprint density at radius 3 is 2.58 bits per heavy atom. The third-order valence-electron chi connectivity index (χ3n) is 3.25. The number of rotatable bonds is 4. The van der Waals surface area contributed by atoms with Gasteiger partial charge < -0.3 is 4.57 Å². The number of halogens is 2. The molecule has 1 heterocycles. The fourth-order valence-electron chi connectivity index (χ4n) is 2.25. The predicted octanol–water partition coefficient (Wildman–Crippen LogP) is 3.46. The van der Waals surface area contributed by atoms with Crippen molar-refractivity contribution in [2.45, 2.75) is 11.4 Å². The van der Waals surface area contributed by atoms with Crippen LogP contribution in [0.1, 0.15) is 0 Å². The molecule has 0 aliphatic carbocycles. The first-order chi connectivity index (χ1) is 11.4. The van der Waals surface area contributed by atoms with Crippen molar-refractivity contribution in [3.63, 3.8) is 0 Å². The summed E-state index contributed by atoms with van der Waals surface area (Å²) in [6, 6.07) is 9.60. The molecule has 24 heavy (non-hydrogen) atoms. The van der Waals surface area contributed by atoms with Crippen LogP contribution in [0, 0.1) is 11.6 Å². The molecule has 0 amide bonds. The Morgan fingerprint density at radius 2 is 1.92 bits per heavy atom. The third kappa shape index (κ3) is 3.02. The van der Waals surface area contributed by atoms with Crippen molar-refractivity contribution in [2.24, 2.45) is 4.40 Å². The quantitative estimate of drug-likeness (QED) is 0.664. The molecule has 3 aromatic rings. The van der Waals surface area contributed by atoms with E-state index >= 15 is 0 Å². The standard InChI is InChI=1S/C16H12F2N2O2S2/c1-2-8-20-15-13(18)9-11(17)10-14(15)23-16(20)19-24(21,22)12-6-4-3-5-7-12/h2-7,9-10H,1,8H2/b19-16-. The zero-order chi connectivity index (χ0) is 17.3. The minimum absolute atomic E-state index is 0.0271. The van der Waals surface area contributed by atoms with E-state index in [1.807, 2.05) is 0 Å². The van der Waals surface area contributed by atoms with Crippen LogP contribution in [0.4, 0.5) is 8.78 Å². The highest BCUT2D eigenvalue weighted by Gasteiger charge is 2.16. The number of hydrogen-bond donors (Lipinski definition) is 0. The lowest BCUT2D eigenvalue weighted by molar-refractivity contribution is 0.585. The molecule has 0 N–H and O–H groups in total. The number of sulfonamides is 1. The fraction of sp³-hybridized carbons (Fsp3) is 0.0625. The van der Waals surface area contributed by atoms with Gasteiger partial charge in [0.15, 0.2) is 5.82 Å². The largest absolute Gasteiger partial charge is 0.309 e. The molecular formula is C16H12F2N2O2S2. The Bertz CT molecular complexity index is 1080. The maximum atomic E-state index is 14.1. The smallest absolute Gasteiger partial charge is 0.285 e. The molecule has 0 bridgehead atoms. The molecule has 0 atom stereocenters. The number of nitrogens with zero attached hydrogens (tertiary/aromatic N) is 2. The Morgan fingerprint density at radius 1 is 1.21 bits per heavy atom. The van der Waals surface area contributed by atoms with Crippen molar-refractivity contribution in [1.29, 1.82) is 0 Å². The first kappa shape index (κ1) is 16.5. The second-order valence-electron chi connectivity index (χ2n) is 4.90. The summed E-state index contributed by atoms with van der Waals surface area (Å²) in [5.41, 5.74) is 0.100. The van der Waals surface area contributed by atoms with Crippen molar-refractivity contribution in [2.75, 3.05) is 0 Å². The van der Waals surface area contributed by atoms with E-state index < -0.39 is 21.7 Å². The summed E-state index contributed by atoms with van der Waals surface area (Å²) in [7, 11) is -3.96. The number of thiazole rings is 1. The molecule has 0 saturated carbocycles. The maximum Gasteiger partial charge on any atom is 0.285 e. The van der Waals surface area contributed by atoms with E-state index in [0.717, 1.165) is 23.5 Å². The number of aromatic nitrogens is 1. The Labute approximate surface area is 141 Å². The van der Waals surface area contributed by atoms with Gasteiger partial charge in [-0.15, -0.1) is 11.0 Å². The molecule has 0 spiro atoms. The normalized spacial score (nSPS) is 12.7. The molecule has 0 fully saturated rings. The molecule has 0 unspecified atom stereocenters. The minimum Gasteiger partial charge on any atom is -0.309 e. The van der Waals surface area contributed by atoms with Gasteiger partial charge in [-0.05, 0) is 18.2 Å². The van der Waals surface area contributed by atoms with Crippen molar-refractivity contribution in [3.05, 3.63) is 71.6 Å². The van der Waals surface area contributed by atoms with Crippen molar-refractivity contribution in [3.8, 4) is 0 Å². The molecule has 0 saturated heterocycles. The van der Waals surface area contributed by atoms with Gasteiger partial charge in [0.05, 0.1) is 15.1 Å². The number of benzene rings is 2. The Balaban J connectivity index is 2.31. The summed E-state index contributed by atoms with van der Waals surface area (Å²) in [6.07, 6.45) is 1.49. The zero-order valence-corrected chi connectivity index (χ0v) is 13.9. The van der Waals surface area contributed by atoms with Crippen LogP contribution < -0.4 is 4.80 Å². The van der Waals surface area contributed by atoms with E-state index in [2.05, 4.69) is 11.0 Å². The van der Waals surface area contributed by atoms with Crippen molar-refractivity contribution in [1.82, 2.24) is 4.57 Å². The van der Waals surface area contributed by atoms with E-state index in [1.165, 1.54) is 22.8 Å². The van der Waals surface area contributed by atoms with Crippen LogP contribution in [0.25, 0.3) is 10.2 Å². The fourth-order valence-corrected chi connectivity index (χ4v) is 4.55. The summed E-state index contributed by atoms with van der Waals surface area (Å²) < 4.78 is 57.8. The highest BCUT2D eigenvalue weighted by molar-refractivity contribution is 7.90. The van der Waals surface area contributed by atoms with E-state index in [-0.39, 0.29) is 26.5 Å². The summed E-state index contributed by atoms with van der Waals surface area (Å²) in [6.45, 7) is 3.73. The molecule has 3 rings (SSSR count). The molecule has 0 aliphatic rings. The summed E-state index contributed by atoms with van der Waals surface area (Å²) in [5, 5.41) is 0. The maximum absolute atomic E-state index is 14.1. The van der Waals surface area contributed by atoms with Gasteiger partial charge in [0.2, 0.25) is 4.80 Å². The van der Waals surface area contributed by atoms with Gasteiger partial charge in [-0.25, -0.2) is 8.78 Å². The van der Waals surface area contributed by atoms with E-state index in [9.17, 15) is 17.2 Å². The van der Waals surface area contributed by atoms with Crippen LogP contribution in [0.15, 0.2) is 64.4 Å². The summed E-state index contributed by atoms with van der Waals surface area (Å²) in [4.78, 5) is 0.0810. The first-order valence-corrected chi connectivity index (χ1v) is 9.13. The van der Waals surface area contributed by atoms with Crippen LogP contribution >= 0.6 is 11.3 Å². The molecule has 8 heteroatoms. The van der Waals surface area contributed by atoms with Gasteiger partial charge in [-0.3, -0.25) is 0 Å². The lowest BCUT2D eigenvalue weighted by Crippen LogP contribution is -2.17. The average Bonchev–Trinajstić information content (AvgIpc) is 2.85. The van der Waals surface area contributed by atoms with E-state index in [0.29, 0.717) is 0 Å². The van der Waals surface area contributed by atoms with Crippen LogP contribution in [-0.2, 0) is 16.6 Å². The van der Waals surface area contributed by atoms with Crippen molar-refractivity contribution < 1.29 is 17.2 Å². The SMILES string of the molecule is C=CCn1/c(=N/S(=O)(=O)c2ccccc2)sc2cc(F)cc(F)c21. The van der Waals surface area contributed by atoms with Gasteiger partial charge >= 0.3 is 0 Å². The monoisotopic (exact) mass is 366 g/mol. The third-order valence-corrected chi connectivity index (χ3v) is 5.67. The first-order valence-electron chi connectivity index (χ1n) is 6.88. The number of hydrogen-bond acceptors (Lipinski definition) is 3. The van der Waals surface area contributed by atoms with Gasteiger partial charge in [0.1, 0.15) is 5.82 Å². The summed E-state index contributed by atoms with van der Waals surface area (Å²) in [5.74, 6) is -1.51. The Hall–Kier alpha value is -2.32. The topological polar surface area (TPSA) is 51.4 Å². The second kappa shape index (κ2) is 6.29. The molecule has 1 aromatic heterocycles. The summed E-state index contributed by atoms with van der Waals surface area (Å²) >= 11 is 0.903. The molecule has 0 aliphatic heterocycles. The van der Waals surface area contributed by atoms with E-state index in [4.69, 9.17) is 0 Å². The van der Waals surface area contributed by atoms with Gasteiger partial charge in [0, 0.05) is 12.6 Å². The van der Waals surface area contributed by atoms with Gasteiger partial charge in [-0.2, -0.15) is 8.42 Å². The second-order valence-corrected chi connectivity index (χ2v) is 7.51. The molecule has 0 radical (unpaired) electrons. The van der Waals surface area contributed by atoms with Crippen LogP contribution in [0.3, 0.4) is 0 Å². The van der Waals surface area contributed by atoms with Crippen LogP contribution in [0.2, 0.25) is 0 Å². The lowest BCUT2D eigenvalue weighted by atomic mass is 10.3. The highest BCUT2D eigenvalue weighted by Crippen LogP contribution is 2.23. The van der Waals surface area contributed by atoms with Gasteiger partial charge in [0.25, 0.3) is 10.0 Å².